The molecule has 1 atom stereocenters. The number of benzene rings is 2. The Hall–Kier alpha value is -3.69. The average Bonchev–Trinajstić information content (AvgIpc) is 2.89. The molecule has 3 heterocycles. The van der Waals surface area contributed by atoms with Gasteiger partial charge in [0.25, 0.3) is 5.84 Å². The summed E-state index contributed by atoms with van der Waals surface area (Å²) in [6, 6.07) is 13.5. The van der Waals surface area contributed by atoms with Crippen molar-refractivity contribution in [3.8, 4) is 0 Å². The summed E-state index contributed by atoms with van der Waals surface area (Å²) in [5.41, 5.74) is 0.693. The normalized spacial score (nSPS) is 23.3. The predicted octanol–water partition coefficient (Wildman–Crippen LogP) is 3.99. The Balaban J connectivity index is 1.56. The van der Waals surface area contributed by atoms with E-state index in [1.165, 1.54) is 24.4 Å². The van der Waals surface area contributed by atoms with Crippen LogP contribution in [0.4, 0.5) is 10.1 Å². The second-order valence-corrected chi connectivity index (χ2v) is 9.96. The predicted molar refractivity (Wildman–Crippen MR) is 133 cm³/mol. The smallest absolute Gasteiger partial charge is 0.396 e. The van der Waals surface area contributed by atoms with Gasteiger partial charge in [-0.15, -0.1) is 4.48 Å². The third kappa shape index (κ3) is 4.49. The Morgan fingerprint density at radius 1 is 1.11 bits per heavy atom. The lowest BCUT2D eigenvalue weighted by atomic mass is 9.97. The summed E-state index contributed by atoms with van der Waals surface area (Å²) >= 11 is 0. The molecule has 192 valence electrons. The second-order valence-electron chi connectivity index (χ2n) is 9.96. The van der Waals surface area contributed by atoms with Gasteiger partial charge < -0.3 is 14.4 Å². The summed E-state index contributed by atoms with van der Waals surface area (Å²) in [7, 11) is 0. The van der Waals surface area contributed by atoms with Gasteiger partial charge in [-0.3, -0.25) is 4.79 Å². The topological polar surface area (TPSA) is 85.3 Å². The SMILES string of the molecule is CC1(C)OCC(=O)[N+]2(Cc3ccc(F)cc3N3CCCCC3=O)C(=O)C(OCc3ccccc3)=CN=C12. The van der Waals surface area contributed by atoms with Gasteiger partial charge in [0.05, 0.1) is 11.9 Å². The number of fused-ring (bicyclic) bond motifs is 1. The number of hydrogen-bond donors (Lipinski definition) is 0. The van der Waals surface area contributed by atoms with E-state index in [0.717, 1.165) is 18.4 Å². The molecule has 1 unspecified atom stereocenters. The fourth-order valence-electron chi connectivity index (χ4n) is 5.13. The highest BCUT2D eigenvalue weighted by atomic mass is 19.1. The van der Waals surface area contributed by atoms with E-state index in [-0.39, 0.29) is 37.3 Å². The number of amidine groups is 1. The number of quaternary nitrogens is 1. The third-order valence-corrected chi connectivity index (χ3v) is 7.05. The summed E-state index contributed by atoms with van der Waals surface area (Å²) in [6.45, 7) is 3.63. The molecule has 2 aromatic rings. The molecule has 3 aliphatic heterocycles. The lowest BCUT2D eigenvalue weighted by Crippen LogP contribution is -2.71. The fraction of sp³-hybridized carbons (Fsp3) is 0.357. The van der Waals surface area contributed by atoms with Crippen LogP contribution in [-0.4, -0.2) is 46.8 Å². The molecular formula is C28H29FN3O5+. The highest BCUT2D eigenvalue weighted by Gasteiger charge is 2.62. The molecule has 3 aliphatic rings. The number of halogens is 1. The number of amides is 3. The number of aliphatic imine (C=N–C) groups is 1. The monoisotopic (exact) mass is 506 g/mol. The van der Waals surface area contributed by atoms with Gasteiger partial charge in [-0.05, 0) is 50.5 Å². The minimum Gasteiger partial charge on any atom is -0.479 e. The first kappa shape index (κ1) is 25.0. The molecule has 0 bridgehead atoms. The Morgan fingerprint density at radius 3 is 2.65 bits per heavy atom. The molecule has 2 saturated heterocycles. The van der Waals surface area contributed by atoms with Crippen LogP contribution in [0.5, 0.6) is 0 Å². The number of rotatable bonds is 6. The Morgan fingerprint density at radius 2 is 1.89 bits per heavy atom. The highest BCUT2D eigenvalue weighted by molar-refractivity contribution is 6.10. The van der Waals surface area contributed by atoms with Crippen molar-refractivity contribution in [2.75, 3.05) is 18.1 Å². The molecule has 8 nitrogen and oxygen atoms in total. The van der Waals surface area contributed by atoms with E-state index in [4.69, 9.17) is 9.47 Å². The molecule has 9 heteroatoms. The van der Waals surface area contributed by atoms with E-state index in [0.29, 0.717) is 24.2 Å². The molecule has 5 rings (SSSR count). The van der Waals surface area contributed by atoms with E-state index in [1.54, 1.807) is 18.7 Å². The second kappa shape index (κ2) is 9.64. The number of hydrogen-bond acceptors (Lipinski definition) is 6. The van der Waals surface area contributed by atoms with Gasteiger partial charge in [0.1, 0.15) is 19.0 Å². The maximum Gasteiger partial charge on any atom is 0.396 e. The summed E-state index contributed by atoms with van der Waals surface area (Å²) in [6.07, 6.45) is 3.25. The average molecular weight is 507 g/mol. The van der Waals surface area contributed by atoms with Crippen molar-refractivity contribution in [2.24, 2.45) is 4.99 Å². The van der Waals surface area contributed by atoms with Crippen LogP contribution < -0.4 is 4.90 Å². The number of piperidine rings is 1. The van der Waals surface area contributed by atoms with E-state index in [2.05, 4.69) is 4.99 Å². The van der Waals surface area contributed by atoms with Crippen LogP contribution in [0.2, 0.25) is 0 Å². The van der Waals surface area contributed by atoms with E-state index in [1.807, 2.05) is 30.3 Å². The minimum atomic E-state index is -1.02. The Labute approximate surface area is 214 Å². The van der Waals surface area contributed by atoms with Gasteiger partial charge in [0, 0.05) is 18.5 Å². The van der Waals surface area contributed by atoms with Crippen LogP contribution in [-0.2, 0) is 37.0 Å². The van der Waals surface area contributed by atoms with Gasteiger partial charge in [-0.2, -0.15) is 0 Å². The number of morpholine rings is 1. The fourth-order valence-corrected chi connectivity index (χ4v) is 5.13. The van der Waals surface area contributed by atoms with E-state index < -0.39 is 27.7 Å². The van der Waals surface area contributed by atoms with Gasteiger partial charge in [0.15, 0.2) is 12.2 Å². The number of imide groups is 1. The first-order valence-electron chi connectivity index (χ1n) is 12.4. The van der Waals surface area contributed by atoms with Crippen LogP contribution in [0.25, 0.3) is 0 Å². The maximum atomic E-state index is 14.4. The van der Waals surface area contributed by atoms with Crippen LogP contribution in [0.3, 0.4) is 0 Å². The van der Waals surface area contributed by atoms with Crippen molar-refractivity contribution < 1.29 is 32.7 Å². The van der Waals surface area contributed by atoms with Crippen LogP contribution >= 0.6 is 0 Å². The van der Waals surface area contributed by atoms with Crippen molar-refractivity contribution in [1.82, 2.24) is 0 Å². The van der Waals surface area contributed by atoms with Gasteiger partial charge in [0.2, 0.25) is 11.7 Å². The number of anilines is 1. The molecule has 2 fully saturated rings. The Kier molecular flexibility index (Phi) is 6.51. The van der Waals surface area contributed by atoms with Crippen molar-refractivity contribution >= 4 is 29.2 Å². The highest BCUT2D eigenvalue weighted by Crippen LogP contribution is 2.38. The van der Waals surface area contributed by atoms with Crippen molar-refractivity contribution in [1.29, 1.82) is 0 Å². The van der Waals surface area contributed by atoms with Gasteiger partial charge in [-0.1, -0.05) is 30.3 Å². The lowest BCUT2D eigenvalue weighted by molar-refractivity contribution is -0.710. The van der Waals surface area contributed by atoms with Gasteiger partial charge >= 0.3 is 11.8 Å². The zero-order chi connectivity index (χ0) is 26.2. The number of carbonyl (C=O) groups is 3. The minimum absolute atomic E-state index is 0.0450. The first-order valence-corrected chi connectivity index (χ1v) is 12.4. The summed E-state index contributed by atoms with van der Waals surface area (Å²) < 4.78 is 25.2. The molecule has 2 aromatic carbocycles. The zero-order valence-corrected chi connectivity index (χ0v) is 20.9. The van der Waals surface area contributed by atoms with Crippen LogP contribution in [0, 0.1) is 5.82 Å². The quantitative estimate of drug-likeness (QED) is 0.437. The molecule has 0 N–H and O–H groups in total. The zero-order valence-electron chi connectivity index (χ0n) is 20.9. The van der Waals surface area contributed by atoms with Gasteiger partial charge in [-0.25, -0.2) is 19.0 Å². The summed E-state index contributed by atoms with van der Waals surface area (Å²) in [5.74, 6) is -1.51. The Bertz CT molecular complexity index is 1320. The largest absolute Gasteiger partial charge is 0.479 e. The third-order valence-electron chi connectivity index (χ3n) is 7.05. The first-order chi connectivity index (χ1) is 17.7. The van der Waals surface area contributed by atoms with E-state index >= 15 is 0 Å². The number of ether oxygens (including phenoxy) is 2. The summed E-state index contributed by atoms with van der Waals surface area (Å²) in [4.78, 5) is 46.5. The number of carbonyl (C=O) groups excluding carboxylic acids is 3. The molecule has 0 saturated carbocycles. The summed E-state index contributed by atoms with van der Waals surface area (Å²) in [5, 5.41) is 0. The molecule has 0 aromatic heterocycles. The van der Waals surface area contributed by atoms with E-state index in [9.17, 15) is 18.8 Å². The maximum absolute atomic E-state index is 14.4. The molecule has 0 radical (unpaired) electrons. The molecule has 0 aliphatic carbocycles. The van der Waals surface area contributed by atoms with Crippen LogP contribution in [0.15, 0.2) is 65.5 Å². The lowest BCUT2D eigenvalue weighted by Gasteiger charge is -2.44. The molecule has 0 spiro atoms. The molecular weight excluding hydrogens is 477 g/mol. The van der Waals surface area contributed by atoms with Crippen molar-refractivity contribution in [3.63, 3.8) is 0 Å². The van der Waals surface area contributed by atoms with Crippen molar-refractivity contribution in [3.05, 3.63) is 77.4 Å². The number of nitrogens with zero attached hydrogens (tertiary/aromatic N) is 3. The molecule has 37 heavy (non-hydrogen) atoms. The van der Waals surface area contributed by atoms with Crippen LogP contribution in [0.1, 0.15) is 44.2 Å². The standard InChI is InChI=1S/C28H29FN3O5/c1-28(2)27-30-15-23(36-17-19-8-4-3-5-9-19)26(35)32(27,25(34)18-37-28)16-20-11-12-21(29)14-22(20)31-13-7-6-10-24(31)33/h3-5,8-9,11-12,14-15H,6-7,10,13,16-18H2,1-2H3/q+1. The molecule has 3 amide bonds. The van der Waals surface area contributed by atoms with Crippen molar-refractivity contribution in [2.45, 2.75) is 51.9 Å².